The zero-order valence-electron chi connectivity index (χ0n) is 15.3. The van der Waals surface area contributed by atoms with Gasteiger partial charge in [0, 0.05) is 6.54 Å². The molecule has 0 bridgehead atoms. The molecule has 1 aromatic rings. The van der Waals surface area contributed by atoms with Crippen LogP contribution in [0.4, 0.5) is 0 Å². The zero-order chi connectivity index (χ0) is 19.5. The van der Waals surface area contributed by atoms with Crippen LogP contribution in [-0.4, -0.2) is 59.3 Å². The molecule has 7 nitrogen and oxygen atoms in total. The highest BCUT2D eigenvalue weighted by Crippen LogP contribution is 2.22. The predicted molar refractivity (Wildman–Crippen MR) is 95.9 cm³/mol. The first kappa shape index (κ1) is 21.6. The van der Waals surface area contributed by atoms with Crippen LogP contribution in [0.1, 0.15) is 38.2 Å². The Labute approximate surface area is 153 Å². The molecule has 1 aromatic carbocycles. The van der Waals surface area contributed by atoms with E-state index in [4.69, 9.17) is 24.5 Å². The van der Waals surface area contributed by atoms with Crippen molar-refractivity contribution in [3.8, 4) is 0 Å². The van der Waals surface area contributed by atoms with Crippen molar-refractivity contribution in [2.45, 2.75) is 32.6 Å². The molecule has 1 aliphatic heterocycles. The van der Waals surface area contributed by atoms with Crippen molar-refractivity contribution >= 4 is 17.9 Å². The second-order valence-electron chi connectivity index (χ2n) is 6.25. The molecule has 1 fully saturated rings. The first-order valence-electron chi connectivity index (χ1n) is 8.75. The first-order valence-corrected chi connectivity index (χ1v) is 8.75. The molecule has 0 amide bonds. The minimum Gasteiger partial charge on any atom is -0.473 e. The molecule has 1 atom stereocenters. The van der Waals surface area contributed by atoms with Gasteiger partial charge in [-0.1, -0.05) is 37.3 Å². The van der Waals surface area contributed by atoms with Crippen LogP contribution in [0.5, 0.6) is 0 Å². The van der Waals surface area contributed by atoms with Crippen LogP contribution in [-0.2, 0) is 19.1 Å². The Morgan fingerprint density at radius 1 is 1.12 bits per heavy atom. The van der Waals surface area contributed by atoms with Crippen LogP contribution >= 0.6 is 0 Å². The summed E-state index contributed by atoms with van der Waals surface area (Å²) in [5.74, 6) is -3.01. The summed E-state index contributed by atoms with van der Waals surface area (Å²) in [4.78, 5) is 32.4. The number of carbonyl (C=O) groups excluding carboxylic acids is 1. The number of nitrogens with zero attached hydrogens (tertiary/aromatic N) is 1. The lowest BCUT2D eigenvalue weighted by atomic mass is 9.95. The summed E-state index contributed by atoms with van der Waals surface area (Å²) in [6, 6.07) is 10.6. The average Bonchev–Trinajstić information content (AvgIpc) is 2.63. The number of likely N-dealkylation sites (tertiary alicyclic amines) is 1. The average molecular weight is 365 g/mol. The van der Waals surface area contributed by atoms with E-state index in [0.29, 0.717) is 12.5 Å². The summed E-state index contributed by atoms with van der Waals surface area (Å²) in [6.07, 6.45) is 1.86. The van der Waals surface area contributed by atoms with Crippen molar-refractivity contribution in [2.24, 2.45) is 5.92 Å². The lowest BCUT2D eigenvalue weighted by Gasteiger charge is -2.32. The predicted octanol–water partition coefficient (Wildman–Crippen LogP) is 2.22. The second-order valence-corrected chi connectivity index (χ2v) is 6.25. The number of hydrogen-bond acceptors (Lipinski definition) is 5. The Balaban J connectivity index is 0.000000487. The van der Waals surface area contributed by atoms with E-state index in [1.807, 2.05) is 6.92 Å². The number of piperidine rings is 1. The third-order valence-electron chi connectivity index (χ3n) is 4.29. The van der Waals surface area contributed by atoms with Gasteiger partial charge < -0.3 is 19.8 Å². The van der Waals surface area contributed by atoms with Gasteiger partial charge in [0.25, 0.3) is 0 Å². The minimum absolute atomic E-state index is 0.0109. The molecule has 2 rings (SSSR count). The van der Waals surface area contributed by atoms with Gasteiger partial charge in [-0.05, 0) is 44.3 Å². The molecule has 0 aromatic heterocycles. The zero-order valence-corrected chi connectivity index (χ0v) is 15.3. The first-order chi connectivity index (χ1) is 12.3. The number of carboxylic acid groups (broad SMARTS) is 2. The van der Waals surface area contributed by atoms with E-state index < -0.39 is 11.9 Å². The lowest BCUT2D eigenvalue weighted by Crippen LogP contribution is -2.38. The van der Waals surface area contributed by atoms with Gasteiger partial charge in [-0.15, -0.1) is 0 Å². The Kier molecular flexibility index (Phi) is 9.36. The summed E-state index contributed by atoms with van der Waals surface area (Å²) in [6.45, 7) is 7.70. The van der Waals surface area contributed by atoms with E-state index in [1.165, 1.54) is 5.56 Å². The molecular formula is C19H27NO6. The van der Waals surface area contributed by atoms with Crippen LogP contribution in [0.3, 0.4) is 0 Å². The number of ether oxygens (including phenoxy) is 1. The van der Waals surface area contributed by atoms with Crippen LogP contribution in [0.15, 0.2) is 30.3 Å². The van der Waals surface area contributed by atoms with Crippen molar-refractivity contribution in [1.82, 2.24) is 4.90 Å². The Morgan fingerprint density at radius 3 is 2.12 bits per heavy atom. The van der Waals surface area contributed by atoms with Gasteiger partial charge in [0.05, 0.1) is 12.5 Å². The fourth-order valence-electron chi connectivity index (χ4n) is 2.89. The quantitative estimate of drug-likeness (QED) is 0.609. The largest absolute Gasteiger partial charge is 0.473 e. The molecule has 0 spiro atoms. The number of hydrogen-bond donors (Lipinski definition) is 2. The van der Waals surface area contributed by atoms with Crippen LogP contribution in [0.2, 0.25) is 0 Å². The van der Waals surface area contributed by atoms with Gasteiger partial charge in [-0.25, -0.2) is 9.59 Å². The summed E-state index contributed by atoms with van der Waals surface area (Å²) < 4.78 is 5.11. The molecule has 1 unspecified atom stereocenters. The van der Waals surface area contributed by atoms with Crippen LogP contribution in [0, 0.1) is 5.92 Å². The standard InChI is InChI=1S/C17H25NO2.C2H2O4/c1-3-20-17(19)16-9-11-18(12-10-16)13-14(2)15-7-5-4-6-8-15;3-1(4)2(5)6/h4-8,14,16H,3,9-13H2,1-2H3;(H,3,4)(H,5,6). The number of rotatable bonds is 5. The SMILES string of the molecule is CCOC(=O)C1CCN(CC(C)c2ccccc2)CC1.O=C(O)C(=O)O. The van der Waals surface area contributed by atoms with Gasteiger partial charge >= 0.3 is 17.9 Å². The third-order valence-corrected chi connectivity index (χ3v) is 4.29. The maximum atomic E-state index is 11.7. The number of aliphatic carboxylic acids is 2. The molecule has 0 aliphatic carbocycles. The van der Waals surface area contributed by atoms with Gasteiger partial charge in [0.2, 0.25) is 0 Å². The van der Waals surface area contributed by atoms with E-state index in [2.05, 4.69) is 42.2 Å². The molecule has 7 heteroatoms. The van der Waals surface area contributed by atoms with Crippen molar-refractivity contribution in [3.63, 3.8) is 0 Å². The van der Waals surface area contributed by atoms with Crippen molar-refractivity contribution in [1.29, 1.82) is 0 Å². The molecule has 2 N–H and O–H groups in total. The summed E-state index contributed by atoms with van der Waals surface area (Å²) >= 11 is 0. The topological polar surface area (TPSA) is 104 Å². The number of carboxylic acids is 2. The molecule has 0 saturated carbocycles. The number of esters is 1. The highest BCUT2D eigenvalue weighted by atomic mass is 16.5. The highest BCUT2D eigenvalue weighted by molar-refractivity contribution is 6.27. The smallest absolute Gasteiger partial charge is 0.414 e. The van der Waals surface area contributed by atoms with Gasteiger partial charge in [0.1, 0.15) is 0 Å². The van der Waals surface area contributed by atoms with E-state index >= 15 is 0 Å². The lowest BCUT2D eigenvalue weighted by molar-refractivity contribution is -0.159. The summed E-state index contributed by atoms with van der Waals surface area (Å²) in [5.41, 5.74) is 1.39. The fraction of sp³-hybridized carbons (Fsp3) is 0.526. The molecule has 26 heavy (non-hydrogen) atoms. The maximum Gasteiger partial charge on any atom is 0.414 e. The fourth-order valence-corrected chi connectivity index (χ4v) is 2.89. The molecule has 1 heterocycles. The maximum absolute atomic E-state index is 11.7. The summed E-state index contributed by atoms with van der Waals surface area (Å²) in [7, 11) is 0. The van der Waals surface area contributed by atoms with E-state index in [0.717, 1.165) is 32.5 Å². The molecule has 0 radical (unpaired) electrons. The van der Waals surface area contributed by atoms with Crippen molar-refractivity contribution in [2.75, 3.05) is 26.2 Å². The second kappa shape index (κ2) is 11.3. The Bertz CT molecular complexity index is 569. The monoisotopic (exact) mass is 365 g/mol. The third kappa shape index (κ3) is 7.65. The van der Waals surface area contributed by atoms with Crippen molar-refractivity contribution in [3.05, 3.63) is 35.9 Å². The van der Waals surface area contributed by atoms with E-state index in [-0.39, 0.29) is 11.9 Å². The summed E-state index contributed by atoms with van der Waals surface area (Å²) in [5, 5.41) is 14.8. The molecule has 1 saturated heterocycles. The van der Waals surface area contributed by atoms with Crippen LogP contribution < -0.4 is 0 Å². The highest BCUT2D eigenvalue weighted by Gasteiger charge is 2.26. The number of carbonyl (C=O) groups is 3. The normalized spacial score (nSPS) is 16.1. The number of benzene rings is 1. The van der Waals surface area contributed by atoms with E-state index in [9.17, 15) is 4.79 Å². The van der Waals surface area contributed by atoms with E-state index in [1.54, 1.807) is 0 Å². The van der Waals surface area contributed by atoms with Crippen LogP contribution in [0.25, 0.3) is 0 Å². The minimum atomic E-state index is -1.82. The Morgan fingerprint density at radius 2 is 1.65 bits per heavy atom. The van der Waals surface area contributed by atoms with Gasteiger partial charge in [-0.3, -0.25) is 4.79 Å². The Hall–Kier alpha value is -2.41. The van der Waals surface area contributed by atoms with Crippen molar-refractivity contribution < 1.29 is 29.3 Å². The molecule has 144 valence electrons. The van der Waals surface area contributed by atoms with Gasteiger partial charge in [-0.2, -0.15) is 0 Å². The molecule has 1 aliphatic rings. The molecular weight excluding hydrogens is 338 g/mol. The van der Waals surface area contributed by atoms with Gasteiger partial charge in [0.15, 0.2) is 0 Å².